The summed E-state index contributed by atoms with van der Waals surface area (Å²) in [5, 5.41) is 20.7. The van der Waals surface area contributed by atoms with Crippen molar-refractivity contribution in [3.63, 3.8) is 0 Å². The molecule has 2 aromatic carbocycles. The van der Waals surface area contributed by atoms with E-state index in [0.717, 1.165) is 0 Å². The largest absolute Gasteiger partial charge is 0.456 e. The molecule has 0 unspecified atom stereocenters. The molecule has 1 N–H and O–H groups in total. The van der Waals surface area contributed by atoms with Gasteiger partial charge in [0.05, 0.1) is 22.1 Å². The lowest BCUT2D eigenvalue weighted by Crippen LogP contribution is -1.96. The molecule has 5 nitrogen and oxygen atoms in total. The van der Waals surface area contributed by atoms with E-state index in [-0.39, 0.29) is 11.3 Å². The standard InChI is InChI=1S/C13H9Cl2NO4/c14-9-1-3-11(15)13(6-9)20-10-2-4-12(16(18)19)8(5-10)7-17/h1-6,17H,7H2. The Morgan fingerprint density at radius 1 is 1.20 bits per heavy atom. The number of aliphatic hydroxyl groups is 1. The Hall–Kier alpha value is -1.82. The van der Waals surface area contributed by atoms with E-state index in [1.807, 2.05) is 0 Å². The van der Waals surface area contributed by atoms with Crippen LogP contribution in [0.3, 0.4) is 0 Å². The maximum Gasteiger partial charge on any atom is 0.275 e. The van der Waals surface area contributed by atoms with Gasteiger partial charge in [0.25, 0.3) is 5.69 Å². The highest BCUT2D eigenvalue weighted by Crippen LogP contribution is 2.33. The molecular weight excluding hydrogens is 305 g/mol. The van der Waals surface area contributed by atoms with Gasteiger partial charge in [0, 0.05) is 17.2 Å². The summed E-state index contributed by atoms with van der Waals surface area (Å²) in [4.78, 5) is 10.2. The number of hydrogen-bond acceptors (Lipinski definition) is 4. The van der Waals surface area contributed by atoms with Gasteiger partial charge in [0.15, 0.2) is 0 Å². The molecule has 7 heteroatoms. The third kappa shape index (κ3) is 3.19. The number of nitro groups is 1. The van der Waals surface area contributed by atoms with Crippen molar-refractivity contribution >= 4 is 28.9 Å². The van der Waals surface area contributed by atoms with E-state index in [1.165, 1.54) is 24.3 Å². The molecule has 0 bridgehead atoms. The van der Waals surface area contributed by atoms with Crippen LogP contribution in [0.25, 0.3) is 0 Å². The maximum absolute atomic E-state index is 10.8. The highest BCUT2D eigenvalue weighted by molar-refractivity contribution is 6.34. The fourth-order valence-electron chi connectivity index (χ4n) is 1.61. The number of aliphatic hydroxyl groups excluding tert-OH is 1. The number of ether oxygens (including phenoxy) is 1. The first-order valence-electron chi connectivity index (χ1n) is 5.52. The molecule has 0 atom stereocenters. The van der Waals surface area contributed by atoms with Gasteiger partial charge < -0.3 is 9.84 Å². The maximum atomic E-state index is 10.8. The van der Waals surface area contributed by atoms with Gasteiger partial charge in [0.2, 0.25) is 0 Å². The molecule has 0 fully saturated rings. The van der Waals surface area contributed by atoms with Crippen molar-refractivity contribution in [2.24, 2.45) is 0 Å². The predicted octanol–water partition coefficient (Wildman–Crippen LogP) is 4.19. The molecule has 2 aromatic rings. The van der Waals surface area contributed by atoms with Crippen molar-refractivity contribution < 1.29 is 14.8 Å². The Morgan fingerprint density at radius 3 is 2.60 bits per heavy atom. The van der Waals surface area contributed by atoms with Crippen molar-refractivity contribution in [1.29, 1.82) is 0 Å². The van der Waals surface area contributed by atoms with E-state index >= 15 is 0 Å². The van der Waals surface area contributed by atoms with Crippen molar-refractivity contribution in [2.45, 2.75) is 6.61 Å². The lowest BCUT2D eigenvalue weighted by Gasteiger charge is -2.09. The molecule has 0 aromatic heterocycles. The van der Waals surface area contributed by atoms with Gasteiger partial charge in [-0.2, -0.15) is 0 Å². The number of benzene rings is 2. The Bertz CT molecular complexity index is 661. The van der Waals surface area contributed by atoms with E-state index in [4.69, 9.17) is 33.0 Å². The minimum Gasteiger partial charge on any atom is -0.456 e. The van der Waals surface area contributed by atoms with Crippen LogP contribution in [-0.4, -0.2) is 10.0 Å². The van der Waals surface area contributed by atoms with Crippen LogP contribution in [0, 0.1) is 10.1 Å². The lowest BCUT2D eigenvalue weighted by atomic mass is 10.2. The summed E-state index contributed by atoms with van der Waals surface area (Å²) in [6, 6.07) is 8.80. The molecule has 0 aliphatic rings. The van der Waals surface area contributed by atoms with Gasteiger partial charge in [-0.15, -0.1) is 0 Å². The molecule has 0 saturated carbocycles. The fraction of sp³-hybridized carbons (Fsp3) is 0.0769. The zero-order valence-electron chi connectivity index (χ0n) is 10.0. The molecule has 0 radical (unpaired) electrons. The summed E-state index contributed by atoms with van der Waals surface area (Å²) in [5.41, 5.74) is -0.0114. The van der Waals surface area contributed by atoms with Crippen LogP contribution in [-0.2, 0) is 6.61 Å². The van der Waals surface area contributed by atoms with Crippen molar-refractivity contribution in [1.82, 2.24) is 0 Å². The van der Waals surface area contributed by atoms with E-state index in [2.05, 4.69) is 0 Å². The second-order valence-corrected chi connectivity index (χ2v) is 4.73. The number of hydrogen-bond donors (Lipinski definition) is 1. The number of rotatable bonds is 4. The van der Waals surface area contributed by atoms with Gasteiger partial charge in [-0.3, -0.25) is 10.1 Å². The van der Waals surface area contributed by atoms with Crippen molar-refractivity contribution in [3.8, 4) is 11.5 Å². The first kappa shape index (κ1) is 14.6. The molecule has 20 heavy (non-hydrogen) atoms. The van der Waals surface area contributed by atoms with Gasteiger partial charge in [-0.1, -0.05) is 23.2 Å². The quantitative estimate of drug-likeness (QED) is 0.678. The van der Waals surface area contributed by atoms with Gasteiger partial charge >= 0.3 is 0 Å². The number of halogens is 2. The van der Waals surface area contributed by atoms with Crippen LogP contribution in [0.15, 0.2) is 36.4 Å². The molecule has 0 aliphatic heterocycles. The van der Waals surface area contributed by atoms with Crippen LogP contribution >= 0.6 is 23.2 Å². The van der Waals surface area contributed by atoms with E-state index < -0.39 is 11.5 Å². The Balaban J connectivity index is 2.34. The van der Waals surface area contributed by atoms with E-state index in [9.17, 15) is 10.1 Å². The summed E-state index contributed by atoms with van der Waals surface area (Å²) in [6.45, 7) is -0.462. The zero-order chi connectivity index (χ0) is 14.7. The second-order valence-electron chi connectivity index (χ2n) is 3.88. The normalized spacial score (nSPS) is 10.3. The molecular formula is C13H9Cl2NO4. The summed E-state index contributed by atoms with van der Waals surface area (Å²) in [6.07, 6.45) is 0. The van der Waals surface area contributed by atoms with Crippen molar-refractivity contribution in [2.75, 3.05) is 0 Å². The average molecular weight is 314 g/mol. The Labute approximate surface area is 124 Å². The molecule has 0 saturated heterocycles. The van der Waals surface area contributed by atoms with Crippen LogP contribution < -0.4 is 4.74 Å². The highest BCUT2D eigenvalue weighted by atomic mass is 35.5. The fourth-order valence-corrected chi connectivity index (χ4v) is 1.93. The van der Waals surface area contributed by atoms with Crippen molar-refractivity contribution in [3.05, 3.63) is 62.1 Å². The zero-order valence-corrected chi connectivity index (χ0v) is 11.6. The van der Waals surface area contributed by atoms with E-state index in [1.54, 1.807) is 12.1 Å². The van der Waals surface area contributed by atoms with Gasteiger partial charge in [-0.05, 0) is 24.3 Å². The molecule has 0 heterocycles. The Kier molecular flexibility index (Phi) is 4.44. The number of nitrogens with zero attached hydrogens (tertiary/aromatic N) is 1. The summed E-state index contributed by atoms with van der Waals surface area (Å²) in [5.74, 6) is 0.653. The van der Waals surface area contributed by atoms with Crippen LogP contribution in [0.4, 0.5) is 5.69 Å². The molecule has 0 spiro atoms. The van der Waals surface area contributed by atoms with Crippen LogP contribution in [0.5, 0.6) is 11.5 Å². The molecule has 0 amide bonds. The minimum absolute atomic E-state index is 0.158. The molecule has 2 rings (SSSR count). The smallest absolute Gasteiger partial charge is 0.275 e. The first-order chi connectivity index (χ1) is 9.51. The third-order valence-electron chi connectivity index (χ3n) is 2.54. The number of nitro benzene ring substituents is 1. The van der Waals surface area contributed by atoms with Crippen LogP contribution in [0.1, 0.15) is 5.56 Å². The van der Waals surface area contributed by atoms with Crippen LogP contribution in [0.2, 0.25) is 10.0 Å². The highest BCUT2D eigenvalue weighted by Gasteiger charge is 2.14. The average Bonchev–Trinajstić information content (AvgIpc) is 2.42. The summed E-state index contributed by atoms with van der Waals surface area (Å²) >= 11 is 11.8. The third-order valence-corrected chi connectivity index (χ3v) is 3.09. The second kappa shape index (κ2) is 6.09. The van der Waals surface area contributed by atoms with Gasteiger partial charge in [0.1, 0.15) is 11.5 Å². The Morgan fingerprint density at radius 2 is 1.95 bits per heavy atom. The minimum atomic E-state index is -0.568. The summed E-state index contributed by atoms with van der Waals surface area (Å²) < 4.78 is 5.52. The monoisotopic (exact) mass is 313 g/mol. The molecule has 104 valence electrons. The van der Waals surface area contributed by atoms with E-state index in [0.29, 0.717) is 21.5 Å². The predicted molar refractivity (Wildman–Crippen MR) is 75.6 cm³/mol. The SMILES string of the molecule is O=[N+]([O-])c1ccc(Oc2cc(Cl)ccc2Cl)cc1CO. The topological polar surface area (TPSA) is 72.6 Å². The summed E-state index contributed by atoms with van der Waals surface area (Å²) in [7, 11) is 0. The molecule has 0 aliphatic carbocycles. The lowest BCUT2D eigenvalue weighted by molar-refractivity contribution is -0.385. The van der Waals surface area contributed by atoms with Gasteiger partial charge in [-0.25, -0.2) is 0 Å². The first-order valence-corrected chi connectivity index (χ1v) is 6.28.